The lowest BCUT2D eigenvalue weighted by Crippen LogP contribution is -2.21. The zero-order chi connectivity index (χ0) is 14.8. The Hall–Kier alpha value is -2.55. The van der Waals surface area contributed by atoms with Gasteiger partial charge in [-0.3, -0.25) is 10.1 Å². The van der Waals surface area contributed by atoms with Gasteiger partial charge in [-0.15, -0.1) is 0 Å². The van der Waals surface area contributed by atoms with E-state index in [9.17, 15) is 4.79 Å². The molecule has 2 N–H and O–H groups in total. The van der Waals surface area contributed by atoms with Gasteiger partial charge in [0.2, 0.25) is 5.91 Å². The van der Waals surface area contributed by atoms with Crippen molar-refractivity contribution in [3.63, 3.8) is 0 Å². The fourth-order valence-electron chi connectivity index (χ4n) is 1.64. The van der Waals surface area contributed by atoms with Crippen LogP contribution in [0.2, 0.25) is 0 Å². The van der Waals surface area contributed by atoms with E-state index in [1.807, 2.05) is 0 Å². The van der Waals surface area contributed by atoms with Crippen LogP contribution in [0.25, 0.3) is 10.4 Å². The van der Waals surface area contributed by atoms with Gasteiger partial charge in [-0.1, -0.05) is 17.2 Å². The molecule has 1 unspecified atom stereocenters. The number of nitrogens with zero attached hydrogens (tertiary/aromatic N) is 4. The zero-order valence-corrected chi connectivity index (χ0v) is 11.2. The van der Waals surface area contributed by atoms with Gasteiger partial charge in [-0.05, 0) is 36.2 Å². The van der Waals surface area contributed by atoms with Gasteiger partial charge in [0.15, 0.2) is 0 Å². The second-order valence-electron chi connectivity index (χ2n) is 4.13. The van der Waals surface area contributed by atoms with Crippen LogP contribution in [0.1, 0.15) is 24.9 Å². The molecule has 1 rings (SSSR count). The second-order valence-corrected chi connectivity index (χ2v) is 4.13. The first-order valence-electron chi connectivity index (χ1n) is 6.18. The summed E-state index contributed by atoms with van der Waals surface area (Å²) in [6.45, 7) is 2.44. The molecule has 1 amide bonds. The average Bonchev–Trinajstić information content (AvgIpc) is 2.43. The maximum atomic E-state index is 10.9. The Morgan fingerprint density at radius 3 is 2.75 bits per heavy atom. The van der Waals surface area contributed by atoms with Gasteiger partial charge in [-0.2, -0.15) is 5.26 Å². The van der Waals surface area contributed by atoms with Crippen LogP contribution >= 0.6 is 0 Å². The lowest BCUT2D eigenvalue weighted by molar-refractivity contribution is -0.114. The summed E-state index contributed by atoms with van der Waals surface area (Å²) in [6, 6.07) is 8.83. The molecule has 0 bridgehead atoms. The highest BCUT2D eigenvalue weighted by atomic mass is 16.1. The zero-order valence-electron chi connectivity index (χ0n) is 11.2. The molecule has 0 spiro atoms. The number of anilines is 1. The number of hydrogen-bond acceptors (Lipinski definition) is 4. The molecular weight excluding hydrogens is 256 g/mol. The average molecular weight is 272 g/mol. The van der Waals surface area contributed by atoms with E-state index in [0.717, 1.165) is 5.56 Å². The minimum atomic E-state index is -0.424. The van der Waals surface area contributed by atoms with Crippen LogP contribution in [0, 0.1) is 11.3 Å². The molecule has 0 heterocycles. The maximum Gasteiger partial charge on any atom is 0.221 e. The third-order valence-electron chi connectivity index (χ3n) is 2.54. The summed E-state index contributed by atoms with van der Waals surface area (Å²) in [7, 11) is 0. The topological polar surface area (TPSA) is 114 Å². The molecule has 7 heteroatoms. The molecule has 1 atom stereocenters. The third-order valence-corrected chi connectivity index (χ3v) is 2.54. The number of benzene rings is 1. The van der Waals surface area contributed by atoms with Crippen LogP contribution in [0.5, 0.6) is 0 Å². The highest BCUT2D eigenvalue weighted by Gasteiger charge is 2.09. The summed E-state index contributed by atoms with van der Waals surface area (Å²) < 4.78 is 0. The highest BCUT2D eigenvalue weighted by molar-refractivity contribution is 5.88. The van der Waals surface area contributed by atoms with Gasteiger partial charge >= 0.3 is 0 Å². The van der Waals surface area contributed by atoms with Gasteiger partial charge in [0.1, 0.15) is 6.04 Å². The Balaban J connectivity index is 2.54. The predicted molar refractivity (Wildman–Crippen MR) is 75.7 cm³/mol. The summed E-state index contributed by atoms with van der Waals surface area (Å²) in [5.41, 5.74) is 9.66. The van der Waals surface area contributed by atoms with E-state index in [4.69, 9.17) is 10.8 Å². The van der Waals surface area contributed by atoms with Gasteiger partial charge < -0.3 is 5.32 Å². The van der Waals surface area contributed by atoms with Crippen molar-refractivity contribution in [3.8, 4) is 6.07 Å². The van der Waals surface area contributed by atoms with E-state index in [0.29, 0.717) is 25.2 Å². The number of nitriles is 1. The molecule has 0 saturated carbocycles. The molecule has 0 radical (unpaired) electrons. The lowest BCUT2D eigenvalue weighted by atomic mass is 10.1. The fraction of sp³-hybridized carbons (Fsp3) is 0.385. The standard InChI is InChI=1S/C13H16N6O/c1-10(20)18-12-5-3-11(4-6-12)13(9-14)16-7-2-8-17-19-15/h3-6,13,16H,2,7-8H2,1H3,(H,18,20). The quantitative estimate of drug-likeness (QED) is 0.344. The van der Waals surface area contributed by atoms with Crippen molar-refractivity contribution in [3.05, 3.63) is 40.3 Å². The number of hydrogen-bond donors (Lipinski definition) is 2. The molecule has 104 valence electrons. The monoisotopic (exact) mass is 272 g/mol. The molecule has 0 fully saturated rings. The van der Waals surface area contributed by atoms with Crippen molar-refractivity contribution in [2.45, 2.75) is 19.4 Å². The first-order valence-corrected chi connectivity index (χ1v) is 6.18. The summed E-state index contributed by atoms with van der Waals surface area (Å²) in [5.74, 6) is -0.134. The Bertz CT molecular complexity index is 527. The van der Waals surface area contributed by atoms with Crippen LogP contribution < -0.4 is 10.6 Å². The molecule has 0 aliphatic heterocycles. The van der Waals surface area contributed by atoms with Crippen molar-refractivity contribution in [1.29, 1.82) is 5.26 Å². The number of rotatable bonds is 7. The Labute approximate surface area is 117 Å². The number of amides is 1. The summed E-state index contributed by atoms with van der Waals surface area (Å²) in [6.07, 6.45) is 0.673. The number of carbonyl (C=O) groups excluding carboxylic acids is 1. The Kier molecular flexibility index (Phi) is 6.62. The number of azide groups is 1. The maximum absolute atomic E-state index is 10.9. The first-order chi connectivity index (χ1) is 9.67. The van der Waals surface area contributed by atoms with E-state index in [1.54, 1.807) is 24.3 Å². The van der Waals surface area contributed by atoms with E-state index in [1.165, 1.54) is 6.92 Å². The van der Waals surface area contributed by atoms with Gasteiger partial charge in [-0.25, -0.2) is 0 Å². The van der Waals surface area contributed by atoms with E-state index in [-0.39, 0.29) is 5.91 Å². The largest absolute Gasteiger partial charge is 0.326 e. The summed E-state index contributed by atoms with van der Waals surface area (Å²) in [4.78, 5) is 13.6. The third kappa shape index (κ3) is 5.40. The van der Waals surface area contributed by atoms with Crippen molar-refractivity contribution in [2.75, 3.05) is 18.4 Å². The van der Waals surface area contributed by atoms with Crippen molar-refractivity contribution >= 4 is 11.6 Å². The number of carbonyl (C=O) groups is 1. The molecular formula is C13H16N6O. The molecule has 1 aromatic rings. The van der Waals surface area contributed by atoms with E-state index < -0.39 is 6.04 Å². The van der Waals surface area contributed by atoms with Crippen molar-refractivity contribution in [2.24, 2.45) is 5.11 Å². The SMILES string of the molecule is CC(=O)Nc1ccc(C(C#N)NCCCN=[N+]=[N-])cc1. The van der Waals surface area contributed by atoms with Gasteiger partial charge in [0.05, 0.1) is 6.07 Å². The normalized spacial score (nSPS) is 11.0. The predicted octanol–water partition coefficient (Wildman–Crippen LogP) is 2.50. The fourth-order valence-corrected chi connectivity index (χ4v) is 1.64. The highest BCUT2D eigenvalue weighted by Crippen LogP contribution is 2.16. The molecule has 0 aromatic heterocycles. The Morgan fingerprint density at radius 2 is 2.20 bits per heavy atom. The molecule has 0 aliphatic carbocycles. The second kappa shape index (κ2) is 8.53. The summed E-state index contributed by atoms with van der Waals surface area (Å²) >= 11 is 0. The smallest absolute Gasteiger partial charge is 0.221 e. The van der Waals surface area contributed by atoms with Crippen molar-refractivity contribution < 1.29 is 4.79 Å². The van der Waals surface area contributed by atoms with Crippen molar-refractivity contribution in [1.82, 2.24) is 5.32 Å². The van der Waals surface area contributed by atoms with Crippen LogP contribution in [0.3, 0.4) is 0 Å². The van der Waals surface area contributed by atoms with Crippen LogP contribution in [0.15, 0.2) is 29.4 Å². The summed E-state index contributed by atoms with van der Waals surface area (Å²) in [5, 5.41) is 18.3. The van der Waals surface area contributed by atoms with Gasteiger partial charge in [0, 0.05) is 24.1 Å². The molecule has 7 nitrogen and oxygen atoms in total. The minimum absolute atomic E-state index is 0.134. The first kappa shape index (κ1) is 15.5. The molecule has 0 aliphatic rings. The minimum Gasteiger partial charge on any atom is -0.326 e. The number of nitrogens with one attached hydrogen (secondary N) is 2. The molecule has 1 aromatic carbocycles. The molecule has 0 saturated heterocycles. The van der Waals surface area contributed by atoms with E-state index >= 15 is 0 Å². The lowest BCUT2D eigenvalue weighted by Gasteiger charge is -2.12. The molecule has 20 heavy (non-hydrogen) atoms. The van der Waals surface area contributed by atoms with Crippen LogP contribution in [0.4, 0.5) is 5.69 Å². The van der Waals surface area contributed by atoms with Crippen LogP contribution in [-0.2, 0) is 4.79 Å². The van der Waals surface area contributed by atoms with Gasteiger partial charge in [0.25, 0.3) is 0 Å². The Morgan fingerprint density at radius 1 is 1.50 bits per heavy atom. The van der Waals surface area contributed by atoms with E-state index in [2.05, 4.69) is 26.7 Å². The van der Waals surface area contributed by atoms with Crippen LogP contribution in [-0.4, -0.2) is 19.0 Å².